The van der Waals surface area contributed by atoms with Crippen LogP contribution in [0, 0.1) is 17.8 Å². The first-order valence-electron chi connectivity index (χ1n) is 16.9. The summed E-state index contributed by atoms with van der Waals surface area (Å²) in [5.41, 5.74) is 12.2. The minimum atomic E-state index is -0.584. The van der Waals surface area contributed by atoms with E-state index in [0.29, 0.717) is 55.8 Å². The number of aromatic hydroxyl groups is 1. The second-order valence-corrected chi connectivity index (χ2v) is 13.5. The van der Waals surface area contributed by atoms with Gasteiger partial charge in [-0.1, -0.05) is 18.6 Å². The van der Waals surface area contributed by atoms with Crippen molar-refractivity contribution in [2.24, 2.45) is 23.5 Å². The molecule has 6 unspecified atom stereocenters. The van der Waals surface area contributed by atoms with Crippen LogP contribution in [0.15, 0.2) is 72.3 Å². The molecule has 8 nitrogen and oxygen atoms in total. The molecule has 0 radical (unpaired) electrons. The Bertz CT molecular complexity index is 1440. The zero-order valence-corrected chi connectivity index (χ0v) is 26.3. The van der Waals surface area contributed by atoms with E-state index in [9.17, 15) is 15.3 Å². The molecule has 2 aromatic heterocycles. The second-order valence-electron chi connectivity index (χ2n) is 13.5. The molecule has 0 amide bonds. The summed E-state index contributed by atoms with van der Waals surface area (Å²) in [6.07, 6.45) is 17.1. The zero-order valence-electron chi connectivity index (χ0n) is 26.3. The molecule has 1 saturated carbocycles. The monoisotopic (exact) mass is 614 g/mol. The van der Waals surface area contributed by atoms with Crippen LogP contribution < -0.4 is 15.8 Å². The Balaban J connectivity index is 1.000. The number of phenolic OH excluding ortho intramolecular Hbond substituents is 1. The fraction of sp³-hybridized carbons (Fsp3) is 0.514. The average Bonchev–Trinajstić information content (AvgIpc) is 3.69. The number of phenols is 1. The summed E-state index contributed by atoms with van der Waals surface area (Å²) < 4.78 is 6.11. The lowest BCUT2D eigenvalue weighted by atomic mass is 9.73. The first-order chi connectivity index (χ1) is 21.9. The number of aliphatic hydroxyl groups is 2. The summed E-state index contributed by atoms with van der Waals surface area (Å²) in [5, 5.41) is 35.8. The van der Waals surface area contributed by atoms with E-state index in [1.807, 2.05) is 30.5 Å². The predicted molar refractivity (Wildman–Crippen MR) is 177 cm³/mol. The van der Waals surface area contributed by atoms with Crippen LogP contribution in [0.2, 0.25) is 0 Å². The van der Waals surface area contributed by atoms with Crippen LogP contribution in [-0.4, -0.2) is 50.6 Å². The van der Waals surface area contributed by atoms with Crippen molar-refractivity contribution in [1.29, 1.82) is 0 Å². The number of aromatic amines is 2. The standard InChI is InChI=1S/C37H50N4O4/c38-37-22-26(12-16-41-37)27(20-29-5-2-15-39-29)14-18-45-36-19-24(7-11-34(36)43)6-9-30(42)23-35(44)28-4-1-3-25-8-10-33-31(13-17-40-33)32(25)21-28/h2,5,7,11-13,15,17,19,22,25,27-28,30,32,35,39-44H,1,3-4,6,8-10,14,16,18,20-21,23,38H2. The van der Waals surface area contributed by atoms with Crippen LogP contribution in [-0.2, 0) is 19.3 Å². The molecule has 3 aliphatic rings. The first-order valence-corrected chi connectivity index (χ1v) is 16.9. The van der Waals surface area contributed by atoms with E-state index in [1.165, 1.54) is 29.7 Å². The fourth-order valence-corrected chi connectivity index (χ4v) is 7.94. The molecule has 1 fully saturated rings. The molecule has 2 aliphatic carbocycles. The van der Waals surface area contributed by atoms with Crippen molar-refractivity contribution >= 4 is 0 Å². The van der Waals surface area contributed by atoms with E-state index < -0.39 is 12.2 Å². The van der Waals surface area contributed by atoms with Crippen LogP contribution in [0.3, 0.4) is 0 Å². The largest absolute Gasteiger partial charge is 0.504 e. The fourth-order valence-electron chi connectivity index (χ4n) is 7.94. The van der Waals surface area contributed by atoms with E-state index in [1.54, 1.807) is 6.07 Å². The number of H-pyrrole nitrogens is 2. The van der Waals surface area contributed by atoms with Crippen LogP contribution in [0.4, 0.5) is 0 Å². The number of nitrogens with one attached hydrogen (secondary N) is 3. The van der Waals surface area contributed by atoms with Crippen LogP contribution >= 0.6 is 0 Å². The minimum Gasteiger partial charge on any atom is -0.504 e. The van der Waals surface area contributed by atoms with Gasteiger partial charge in [0, 0.05) is 30.3 Å². The number of benzene rings is 1. The van der Waals surface area contributed by atoms with Crippen LogP contribution in [0.5, 0.6) is 11.5 Å². The van der Waals surface area contributed by atoms with Gasteiger partial charge in [-0.3, -0.25) is 0 Å². The number of fused-ring (bicyclic) bond motifs is 3. The summed E-state index contributed by atoms with van der Waals surface area (Å²) in [6.45, 7) is 1.16. The van der Waals surface area contributed by atoms with Gasteiger partial charge < -0.3 is 41.1 Å². The summed E-state index contributed by atoms with van der Waals surface area (Å²) >= 11 is 0. The number of hydrogen-bond acceptors (Lipinski definition) is 6. The van der Waals surface area contributed by atoms with E-state index in [0.717, 1.165) is 49.8 Å². The minimum absolute atomic E-state index is 0.112. The molecule has 242 valence electrons. The lowest BCUT2D eigenvalue weighted by Crippen LogP contribution is -2.28. The predicted octanol–water partition coefficient (Wildman–Crippen LogP) is 5.59. The van der Waals surface area contributed by atoms with Crippen molar-refractivity contribution in [2.45, 2.75) is 88.8 Å². The van der Waals surface area contributed by atoms with Crippen LogP contribution in [0.25, 0.3) is 0 Å². The van der Waals surface area contributed by atoms with Gasteiger partial charge in [0.05, 0.1) is 24.6 Å². The van der Waals surface area contributed by atoms with E-state index >= 15 is 0 Å². The summed E-state index contributed by atoms with van der Waals surface area (Å²) in [6, 6.07) is 11.8. The average molecular weight is 615 g/mol. The highest BCUT2D eigenvalue weighted by molar-refractivity contribution is 5.42. The number of nitrogens with two attached hydrogens (primary N) is 1. The van der Waals surface area contributed by atoms with Gasteiger partial charge in [-0.05, 0) is 141 Å². The Morgan fingerprint density at radius 2 is 1.93 bits per heavy atom. The molecule has 0 saturated heterocycles. The van der Waals surface area contributed by atoms with Crippen molar-refractivity contribution in [3.05, 3.63) is 94.9 Å². The van der Waals surface area contributed by atoms with Gasteiger partial charge in [-0.15, -0.1) is 0 Å². The number of hydrogen-bond donors (Lipinski definition) is 7. The molecule has 1 aliphatic heterocycles. The molecule has 0 spiro atoms. The molecule has 6 rings (SSSR count). The third-order valence-electron chi connectivity index (χ3n) is 10.4. The molecule has 6 atom stereocenters. The zero-order chi connectivity index (χ0) is 31.2. The van der Waals surface area contributed by atoms with Gasteiger partial charge >= 0.3 is 0 Å². The van der Waals surface area contributed by atoms with Gasteiger partial charge in [0.25, 0.3) is 0 Å². The Kier molecular flexibility index (Phi) is 10.2. The highest BCUT2D eigenvalue weighted by Crippen LogP contribution is 2.46. The lowest BCUT2D eigenvalue weighted by molar-refractivity contribution is 0.0332. The highest BCUT2D eigenvalue weighted by atomic mass is 16.5. The highest BCUT2D eigenvalue weighted by Gasteiger charge is 2.36. The Morgan fingerprint density at radius 3 is 2.78 bits per heavy atom. The van der Waals surface area contributed by atoms with E-state index in [4.69, 9.17) is 10.5 Å². The Hall–Kier alpha value is -3.62. The number of dihydropyridines is 1. The quantitative estimate of drug-likeness (QED) is 0.134. The summed E-state index contributed by atoms with van der Waals surface area (Å²) in [5.74, 6) is 2.91. The topological polar surface area (TPSA) is 140 Å². The van der Waals surface area contributed by atoms with Gasteiger partial charge in [-0.25, -0.2) is 0 Å². The van der Waals surface area contributed by atoms with Crippen molar-refractivity contribution in [3.8, 4) is 11.5 Å². The summed E-state index contributed by atoms with van der Waals surface area (Å²) in [4.78, 5) is 6.73. The summed E-state index contributed by atoms with van der Waals surface area (Å²) in [7, 11) is 0. The van der Waals surface area contributed by atoms with Gasteiger partial charge in [-0.2, -0.15) is 0 Å². The number of rotatable bonds is 13. The van der Waals surface area contributed by atoms with Crippen molar-refractivity contribution in [1.82, 2.24) is 15.3 Å². The van der Waals surface area contributed by atoms with Gasteiger partial charge in [0.2, 0.25) is 0 Å². The number of aryl methyl sites for hydroxylation is 2. The lowest BCUT2D eigenvalue weighted by Gasteiger charge is -2.33. The maximum Gasteiger partial charge on any atom is 0.161 e. The molecular weight excluding hydrogens is 564 g/mol. The second kappa shape index (κ2) is 14.6. The smallest absolute Gasteiger partial charge is 0.161 e. The molecule has 0 bridgehead atoms. The molecule has 3 aromatic rings. The number of ether oxygens (including phenoxy) is 1. The normalized spacial score (nSPS) is 23.4. The number of aromatic nitrogens is 2. The van der Waals surface area contributed by atoms with Crippen molar-refractivity contribution < 1.29 is 20.1 Å². The van der Waals surface area contributed by atoms with Crippen molar-refractivity contribution in [3.63, 3.8) is 0 Å². The van der Waals surface area contributed by atoms with Crippen molar-refractivity contribution in [2.75, 3.05) is 13.2 Å². The van der Waals surface area contributed by atoms with E-state index in [2.05, 4.69) is 39.7 Å². The molecule has 45 heavy (non-hydrogen) atoms. The SMILES string of the molecule is NC1=CC(C(CCOc2cc(CCC(O)CC(O)C3CCCC4CCc5[nH]ccc5C4C3)ccc2O)Cc2ccc[nH]2)=CCN1. The van der Waals surface area contributed by atoms with Gasteiger partial charge in [0.1, 0.15) is 0 Å². The number of allylic oxidation sites excluding steroid dienone is 2. The molecule has 1 aromatic carbocycles. The van der Waals surface area contributed by atoms with Gasteiger partial charge in [0.15, 0.2) is 11.5 Å². The third kappa shape index (κ3) is 7.97. The van der Waals surface area contributed by atoms with E-state index in [-0.39, 0.29) is 17.6 Å². The third-order valence-corrected chi connectivity index (χ3v) is 10.4. The molecular formula is C37H50N4O4. The molecule has 8 N–H and O–H groups in total. The maximum absolute atomic E-state index is 11.2. The molecule has 3 heterocycles. The Morgan fingerprint density at radius 1 is 1.02 bits per heavy atom. The molecule has 8 heteroatoms. The van der Waals surface area contributed by atoms with Crippen LogP contribution in [0.1, 0.15) is 79.8 Å². The number of aliphatic hydroxyl groups excluding tert-OH is 2. The maximum atomic E-state index is 11.2. The Labute approximate surface area is 266 Å². The first kappa shape index (κ1) is 31.4.